The largest absolute Gasteiger partial charge is 0.492 e. The first kappa shape index (κ1) is 14.5. The number of rotatable bonds is 3. The molecule has 0 fully saturated rings. The fourth-order valence-electron chi connectivity index (χ4n) is 2.90. The number of ether oxygens (including phenoxy) is 1. The van der Waals surface area contributed by atoms with E-state index in [1.165, 1.54) is 0 Å². The Morgan fingerprint density at radius 2 is 1.88 bits per heavy atom. The highest BCUT2D eigenvalue weighted by atomic mass is 16.5. The molecule has 24 heavy (non-hydrogen) atoms. The molecule has 2 heterocycles. The van der Waals surface area contributed by atoms with Gasteiger partial charge in [-0.05, 0) is 30.2 Å². The number of nitrogens with zero attached hydrogens (tertiary/aromatic N) is 2. The van der Waals surface area contributed by atoms with Crippen molar-refractivity contribution in [1.82, 2.24) is 9.78 Å². The zero-order valence-electron chi connectivity index (χ0n) is 13.1. The van der Waals surface area contributed by atoms with E-state index in [0.717, 1.165) is 17.0 Å². The summed E-state index contributed by atoms with van der Waals surface area (Å²) >= 11 is 0. The van der Waals surface area contributed by atoms with Crippen molar-refractivity contribution < 1.29 is 9.53 Å². The minimum absolute atomic E-state index is 0.0535. The topological polar surface area (TPSA) is 56.2 Å². The molecule has 1 N–H and O–H groups in total. The third kappa shape index (κ3) is 2.76. The van der Waals surface area contributed by atoms with Crippen LogP contribution in [-0.2, 0) is 11.2 Å². The minimum Gasteiger partial charge on any atom is -0.492 e. The van der Waals surface area contributed by atoms with Gasteiger partial charge in [-0.1, -0.05) is 36.4 Å². The van der Waals surface area contributed by atoms with Gasteiger partial charge in [0, 0.05) is 6.07 Å². The van der Waals surface area contributed by atoms with Gasteiger partial charge < -0.3 is 10.1 Å². The van der Waals surface area contributed by atoms with E-state index in [9.17, 15) is 4.79 Å². The number of anilines is 1. The molecule has 0 bridgehead atoms. The van der Waals surface area contributed by atoms with E-state index in [-0.39, 0.29) is 11.8 Å². The monoisotopic (exact) mass is 319 g/mol. The van der Waals surface area contributed by atoms with E-state index in [1.807, 2.05) is 54.6 Å². The van der Waals surface area contributed by atoms with Crippen LogP contribution in [0.15, 0.2) is 66.9 Å². The number of hydrogen-bond acceptors (Lipinski definition) is 3. The number of benzene rings is 2. The molecule has 0 spiro atoms. The number of nitrogens with one attached hydrogen (secondary N) is 1. The standard InChI is InChI=1S/C19H17N3O2/c23-19(15-12-14-6-4-5-9-17(14)24-13-15)21-18-10-11-20-22(18)16-7-2-1-3-8-16/h1-11,15H,12-13H2,(H,21,23). The molecule has 0 saturated carbocycles. The van der Waals surface area contributed by atoms with Gasteiger partial charge in [-0.2, -0.15) is 5.10 Å². The quantitative estimate of drug-likeness (QED) is 0.807. The van der Waals surface area contributed by atoms with E-state index < -0.39 is 0 Å². The first-order valence-corrected chi connectivity index (χ1v) is 7.92. The number of amides is 1. The predicted octanol–water partition coefficient (Wildman–Crippen LogP) is 3.06. The number of aromatic nitrogens is 2. The molecule has 1 aliphatic rings. The Bertz CT molecular complexity index is 858. The van der Waals surface area contributed by atoms with Crippen molar-refractivity contribution in [3.8, 4) is 11.4 Å². The molecule has 1 amide bonds. The fraction of sp³-hybridized carbons (Fsp3) is 0.158. The molecule has 3 aromatic rings. The van der Waals surface area contributed by atoms with Crippen LogP contribution in [-0.4, -0.2) is 22.3 Å². The van der Waals surface area contributed by atoms with Crippen LogP contribution in [0.3, 0.4) is 0 Å². The zero-order valence-corrected chi connectivity index (χ0v) is 13.1. The molecule has 4 rings (SSSR count). The maximum absolute atomic E-state index is 12.6. The van der Waals surface area contributed by atoms with Crippen LogP contribution >= 0.6 is 0 Å². The van der Waals surface area contributed by atoms with Crippen LogP contribution in [0.2, 0.25) is 0 Å². The molecular formula is C19H17N3O2. The summed E-state index contributed by atoms with van der Waals surface area (Å²) in [5, 5.41) is 7.26. The van der Waals surface area contributed by atoms with Gasteiger partial charge in [0.2, 0.25) is 5.91 Å². The van der Waals surface area contributed by atoms with E-state index in [0.29, 0.717) is 18.8 Å². The molecule has 0 aliphatic carbocycles. The highest BCUT2D eigenvalue weighted by Gasteiger charge is 2.26. The average Bonchev–Trinajstić information content (AvgIpc) is 3.10. The SMILES string of the molecule is O=C(Nc1ccnn1-c1ccccc1)C1COc2ccccc2C1. The molecule has 0 saturated heterocycles. The van der Waals surface area contributed by atoms with Crippen molar-refractivity contribution in [2.24, 2.45) is 5.92 Å². The average molecular weight is 319 g/mol. The number of carbonyl (C=O) groups excluding carboxylic acids is 1. The van der Waals surface area contributed by atoms with Crippen LogP contribution in [0.1, 0.15) is 5.56 Å². The smallest absolute Gasteiger partial charge is 0.232 e. The molecule has 1 aliphatic heterocycles. The first-order valence-electron chi connectivity index (χ1n) is 7.92. The summed E-state index contributed by atoms with van der Waals surface area (Å²) < 4.78 is 7.43. The predicted molar refractivity (Wildman–Crippen MR) is 91.3 cm³/mol. The minimum atomic E-state index is -0.209. The lowest BCUT2D eigenvalue weighted by Crippen LogP contribution is -2.33. The second kappa shape index (κ2) is 6.20. The van der Waals surface area contributed by atoms with Crippen LogP contribution in [0.4, 0.5) is 5.82 Å². The summed E-state index contributed by atoms with van der Waals surface area (Å²) in [6.07, 6.45) is 2.36. The van der Waals surface area contributed by atoms with Gasteiger partial charge in [-0.25, -0.2) is 4.68 Å². The Kier molecular flexibility index (Phi) is 3.75. The lowest BCUT2D eigenvalue weighted by atomic mass is 9.96. The number of fused-ring (bicyclic) bond motifs is 1. The lowest BCUT2D eigenvalue weighted by molar-refractivity contribution is -0.121. The Balaban J connectivity index is 1.51. The van der Waals surface area contributed by atoms with Gasteiger partial charge in [0.25, 0.3) is 0 Å². The van der Waals surface area contributed by atoms with Crippen LogP contribution < -0.4 is 10.1 Å². The Labute approximate surface area is 139 Å². The zero-order chi connectivity index (χ0) is 16.4. The molecule has 5 heteroatoms. The third-order valence-electron chi connectivity index (χ3n) is 4.14. The van der Waals surface area contributed by atoms with Gasteiger partial charge in [0.1, 0.15) is 18.2 Å². The normalized spacial score (nSPS) is 16.1. The molecule has 5 nitrogen and oxygen atoms in total. The molecule has 1 unspecified atom stereocenters. The van der Waals surface area contributed by atoms with Crippen molar-refractivity contribution in [3.05, 3.63) is 72.4 Å². The molecule has 1 aromatic heterocycles. The summed E-state index contributed by atoms with van der Waals surface area (Å²) in [7, 11) is 0. The number of carbonyl (C=O) groups is 1. The van der Waals surface area contributed by atoms with E-state index in [1.54, 1.807) is 16.9 Å². The van der Waals surface area contributed by atoms with E-state index in [4.69, 9.17) is 4.74 Å². The second-order valence-electron chi connectivity index (χ2n) is 5.77. The molecule has 1 atom stereocenters. The Morgan fingerprint density at radius 1 is 1.08 bits per heavy atom. The van der Waals surface area contributed by atoms with Crippen molar-refractivity contribution in [1.29, 1.82) is 0 Å². The molecule has 0 radical (unpaired) electrons. The lowest BCUT2D eigenvalue weighted by Gasteiger charge is -2.24. The highest BCUT2D eigenvalue weighted by Crippen LogP contribution is 2.27. The first-order chi connectivity index (χ1) is 11.8. The summed E-state index contributed by atoms with van der Waals surface area (Å²) in [6, 6.07) is 19.4. The van der Waals surface area contributed by atoms with E-state index in [2.05, 4.69) is 10.4 Å². The highest BCUT2D eigenvalue weighted by molar-refractivity contribution is 5.92. The van der Waals surface area contributed by atoms with Crippen LogP contribution in [0, 0.1) is 5.92 Å². The van der Waals surface area contributed by atoms with Gasteiger partial charge in [0.05, 0.1) is 17.8 Å². The third-order valence-corrected chi connectivity index (χ3v) is 4.14. The molecular weight excluding hydrogens is 302 g/mol. The number of hydrogen-bond donors (Lipinski definition) is 1. The van der Waals surface area contributed by atoms with Gasteiger partial charge >= 0.3 is 0 Å². The summed E-state index contributed by atoms with van der Waals surface area (Å²) in [6.45, 7) is 0.391. The van der Waals surface area contributed by atoms with Gasteiger partial charge in [-0.3, -0.25) is 4.79 Å². The summed E-state index contributed by atoms with van der Waals surface area (Å²) in [5.41, 5.74) is 1.98. The van der Waals surface area contributed by atoms with Gasteiger partial charge in [0.15, 0.2) is 0 Å². The fourth-order valence-corrected chi connectivity index (χ4v) is 2.90. The van der Waals surface area contributed by atoms with Crippen molar-refractivity contribution >= 4 is 11.7 Å². The van der Waals surface area contributed by atoms with Crippen molar-refractivity contribution in [2.45, 2.75) is 6.42 Å². The summed E-state index contributed by atoms with van der Waals surface area (Å²) in [5.74, 6) is 1.27. The van der Waals surface area contributed by atoms with Crippen LogP contribution in [0.5, 0.6) is 5.75 Å². The maximum Gasteiger partial charge on any atom is 0.232 e. The summed E-state index contributed by atoms with van der Waals surface area (Å²) in [4.78, 5) is 12.6. The second-order valence-corrected chi connectivity index (χ2v) is 5.77. The Morgan fingerprint density at radius 3 is 2.75 bits per heavy atom. The van der Waals surface area contributed by atoms with Crippen LogP contribution in [0.25, 0.3) is 5.69 Å². The van der Waals surface area contributed by atoms with Crippen molar-refractivity contribution in [3.63, 3.8) is 0 Å². The molecule has 120 valence electrons. The van der Waals surface area contributed by atoms with Crippen molar-refractivity contribution in [2.75, 3.05) is 11.9 Å². The van der Waals surface area contributed by atoms with Gasteiger partial charge in [-0.15, -0.1) is 0 Å². The van der Waals surface area contributed by atoms with E-state index >= 15 is 0 Å². The molecule has 2 aromatic carbocycles. The Hall–Kier alpha value is -3.08. The maximum atomic E-state index is 12.6. The number of para-hydroxylation sites is 2.